The van der Waals surface area contributed by atoms with Gasteiger partial charge >= 0.3 is 0 Å². The molecule has 0 aliphatic carbocycles. The molecule has 0 aliphatic heterocycles. The zero-order valence-corrected chi connectivity index (χ0v) is 17.1. The van der Waals surface area contributed by atoms with Gasteiger partial charge in [0.2, 0.25) is 5.89 Å². The van der Waals surface area contributed by atoms with Crippen molar-refractivity contribution >= 4 is 5.96 Å². The molecule has 0 spiro atoms. The van der Waals surface area contributed by atoms with Crippen molar-refractivity contribution in [3.05, 3.63) is 53.9 Å². The Morgan fingerprint density at radius 1 is 1.21 bits per heavy atom. The highest BCUT2D eigenvalue weighted by molar-refractivity contribution is 5.79. The molecule has 3 aromatic rings. The van der Waals surface area contributed by atoms with Crippen molar-refractivity contribution in [2.24, 2.45) is 12.0 Å². The molecule has 1 aromatic carbocycles. The van der Waals surface area contributed by atoms with E-state index in [2.05, 4.69) is 30.8 Å². The molecule has 0 amide bonds. The van der Waals surface area contributed by atoms with Crippen LogP contribution in [0, 0.1) is 6.92 Å². The second-order valence-electron chi connectivity index (χ2n) is 6.52. The van der Waals surface area contributed by atoms with Gasteiger partial charge in [-0.15, -0.1) is 10.2 Å². The summed E-state index contributed by atoms with van der Waals surface area (Å²) in [5.41, 5.74) is 1.70. The molecule has 0 fully saturated rings. The zero-order chi connectivity index (χ0) is 20.5. The molecule has 0 saturated heterocycles. The minimum Gasteiger partial charge on any atom is -0.444 e. The molecule has 2 heterocycles. The molecule has 9 nitrogen and oxygen atoms in total. The summed E-state index contributed by atoms with van der Waals surface area (Å²) in [7, 11) is 3.63. The lowest BCUT2D eigenvalue weighted by Crippen LogP contribution is -2.38. The first-order valence-electron chi connectivity index (χ1n) is 9.53. The zero-order valence-electron chi connectivity index (χ0n) is 17.1. The SMILES string of the molecule is COCCCNC(=NCc1coc(-c2ccccc2)n1)NCc1nnc(C)n1C. The number of methoxy groups -OCH3 is 1. The topological polar surface area (TPSA) is 102 Å². The Morgan fingerprint density at radius 3 is 2.76 bits per heavy atom. The Labute approximate surface area is 170 Å². The van der Waals surface area contributed by atoms with E-state index in [0.717, 1.165) is 35.9 Å². The molecule has 3 rings (SSSR count). The van der Waals surface area contributed by atoms with Crippen LogP contribution in [0.15, 0.2) is 46.0 Å². The van der Waals surface area contributed by atoms with Gasteiger partial charge in [0.15, 0.2) is 11.8 Å². The Morgan fingerprint density at radius 2 is 2.03 bits per heavy atom. The third-order valence-electron chi connectivity index (χ3n) is 4.39. The van der Waals surface area contributed by atoms with Crippen molar-refractivity contribution in [2.45, 2.75) is 26.4 Å². The third kappa shape index (κ3) is 5.89. The Kier molecular flexibility index (Phi) is 7.34. The van der Waals surface area contributed by atoms with Gasteiger partial charge in [0, 0.05) is 32.9 Å². The molecular weight excluding hydrogens is 370 g/mol. The highest BCUT2D eigenvalue weighted by Gasteiger charge is 2.08. The number of aryl methyl sites for hydroxylation is 1. The fourth-order valence-corrected chi connectivity index (χ4v) is 2.62. The first-order valence-corrected chi connectivity index (χ1v) is 9.53. The molecule has 9 heteroatoms. The molecule has 2 aromatic heterocycles. The fourth-order valence-electron chi connectivity index (χ4n) is 2.62. The normalized spacial score (nSPS) is 11.6. The molecule has 0 bridgehead atoms. The average Bonchev–Trinajstić information content (AvgIpc) is 3.35. The summed E-state index contributed by atoms with van der Waals surface area (Å²) in [5, 5.41) is 14.8. The van der Waals surface area contributed by atoms with Crippen LogP contribution in [0.3, 0.4) is 0 Å². The maximum absolute atomic E-state index is 5.58. The van der Waals surface area contributed by atoms with Crippen LogP contribution in [0.1, 0.15) is 23.8 Å². The molecule has 154 valence electrons. The van der Waals surface area contributed by atoms with Crippen LogP contribution in [0.4, 0.5) is 0 Å². The number of benzene rings is 1. The molecule has 29 heavy (non-hydrogen) atoms. The number of rotatable bonds is 9. The van der Waals surface area contributed by atoms with Gasteiger partial charge < -0.3 is 24.4 Å². The summed E-state index contributed by atoms with van der Waals surface area (Å²) in [6.07, 6.45) is 2.52. The summed E-state index contributed by atoms with van der Waals surface area (Å²) in [6.45, 7) is 4.26. The number of nitrogens with zero attached hydrogens (tertiary/aromatic N) is 5. The van der Waals surface area contributed by atoms with Crippen LogP contribution in [0.5, 0.6) is 0 Å². The van der Waals surface area contributed by atoms with Gasteiger partial charge in [0.05, 0.1) is 13.1 Å². The van der Waals surface area contributed by atoms with Crippen molar-refractivity contribution in [3.63, 3.8) is 0 Å². The van der Waals surface area contributed by atoms with Crippen molar-refractivity contribution in [2.75, 3.05) is 20.3 Å². The summed E-state index contributed by atoms with van der Waals surface area (Å²) in [5.74, 6) is 2.96. The standard InChI is InChI=1S/C20H27N7O2/c1-15-25-26-18(27(15)2)13-23-20(21-10-7-11-28-3)22-12-17-14-29-19(24-17)16-8-5-4-6-9-16/h4-6,8-9,14H,7,10-13H2,1-3H3,(H2,21,22,23). The van der Waals surface area contributed by atoms with E-state index in [4.69, 9.17) is 9.15 Å². The van der Waals surface area contributed by atoms with E-state index in [1.165, 1.54) is 0 Å². The third-order valence-corrected chi connectivity index (χ3v) is 4.39. The highest BCUT2D eigenvalue weighted by Crippen LogP contribution is 2.18. The summed E-state index contributed by atoms with van der Waals surface area (Å²) in [4.78, 5) is 9.15. The van der Waals surface area contributed by atoms with E-state index in [-0.39, 0.29) is 0 Å². The lowest BCUT2D eigenvalue weighted by molar-refractivity contribution is 0.195. The van der Waals surface area contributed by atoms with Gasteiger partial charge in [-0.05, 0) is 25.5 Å². The van der Waals surface area contributed by atoms with Crippen molar-refractivity contribution in [1.29, 1.82) is 0 Å². The Balaban J connectivity index is 1.63. The second kappa shape index (κ2) is 10.4. The number of aliphatic imine (C=N–C) groups is 1. The van der Waals surface area contributed by atoms with Crippen LogP contribution in [-0.4, -0.2) is 46.0 Å². The van der Waals surface area contributed by atoms with Crippen molar-refractivity contribution < 1.29 is 9.15 Å². The molecule has 0 saturated carbocycles. The smallest absolute Gasteiger partial charge is 0.226 e. The lowest BCUT2D eigenvalue weighted by Gasteiger charge is -2.12. The number of oxazole rings is 1. The van der Waals surface area contributed by atoms with E-state index < -0.39 is 0 Å². The number of hydrogen-bond donors (Lipinski definition) is 2. The first kappa shape index (κ1) is 20.5. The van der Waals surface area contributed by atoms with Gasteiger partial charge in [0.25, 0.3) is 0 Å². The lowest BCUT2D eigenvalue weighted by atomic mass is 10.2. The van der Waals surface area contributed by atoms with E-state index in [0.29, 0.717) is 31.5 Å². The predicted octanol–water partition coefficient (Wildman–Crippen LogP) is 2.05. The van der Waals surface area contributed by atoms with Crippen LogP contribution in [0.2, 0.25) is 0 Å². The van der Waals surface area contributed by atoms with E-state index in [9.17, 15) is 0 Å². The van der Waals surface area contributed by atoms with Crippen LogP contribution in [-0.2, 0) is 24.9 Å². The van der Waals surface area contributed by atoms with Crippen molar-refractivity contribution in [3.8, 4) is 11.5 Å². The number of nitrogens with one attached hydrogen (secondary N) is 2. The van der Waals surface area contributed by atoms with Gasteiger partial charge in [0.1, 0.15) is 17.8 Å². The van der Waals surface area contributed by atoms with E-state index in [1.807, 2.05) is 48.9 Å². The molecule has 0 unspecified atom stereocenters. The largest absolute Gasteiger partial charge is 0.444 e. The maximum atomic E-state index is 5.58. The monoisotopic (exact) mass is 397 g/mol. The Bertz CT molecular complexity index is 918. The van der Waals surface area contributed by atoms with Gasteiger partial charge in [-0.25, -0.2) is 9.98 Å². The van der Waals surface area contributed by atoms with Crippen LogP contribution < -0.4 is 10.6 Å². The quantitative estimate of drug-likeness (QED) is 0.324. The van der Waals surface area contributed by atoms with Gasteiger partial charge in [-0.3, -0.25) is 0 Å². The van der Waals surface area contributed by atoms with Gasteiger partial charge in [-0.2, -0.15) is 0 Å². The summed E-state index contributed by atoms with van der Waals surface area (Å²) < 4.78 is 12.6. The molecule has 0 atom stereocenters. The van der Waals surface area contributed by atoms with E-state index in [1.54, 1.807) is 13.4 Å². The van der Waals surface area contributed by atoms with Crippen LogP contribution >= 0.6 is 0 Å². The Hall–Kier alpha value is -3.20. The molecular formula is C20H27N7O2. The molecule has 0 aliphatic rings. The van der Waals surface area contributed by atoms with Crippen molar-refractivity contribution in [1.82, 2.24) is 30.4 Å². The van der Waals surface area contributed by atoms with E-state index >= 15 is 0 Å². The first-order chi connectivity index (χ1) is 14.2. The molecule has 2 N–H and O–H groups in total. The average molecular weight is 397 g/mol. The highest BCUT2D eigenvalue weighted by atomic mass is 16.5. The maximum Gasteiger partial charge on any atom is 0.226 e. The minimum absolute atomic E-state index is 0.397. The number of guanidine groups is 1. The fraction of sp³-hybridized carbons (Fsp3) is 0.400. The second-order valence-corrected chi connectivity index (χ2v) is 6.52. The number of ether oxygens (including phenoxy) is 1. The molecule has 0 radical (unpaired) electrons. The predicted molar refractivity (Wildman–Crippen MR) is 110 cm³/mol. The van der Waals surface area contributed by atoms with Gasteiger partial charge in [-0.1, -0.05) is 18.2 Å². The summed E-state index contributed by atoms with van der Waals surface area (Å²) >= 11 is 0. The number of aromatic nitrogens is 4. The minimum atomic E-state index is 0.397. The summed E-state index contributed by atoms with van der Waals surface area (Å²) in [6, 6.07) is 9.80. The van der Waals surface area contributed by atoms with Crippen LogP contribution in [0.25, 0.3) is 11.5 Å². The number of hydrogen-bond acceptors (Lipinski definition) is 6.